The lowest BCUT2D eigenvalue weighted by Gasteiger charge is -2.34. The second-order valence-electron chi connectivity index (χ2n) is 16.1. The predicted octanol–water partition coefficient (Wildman–Crippen LogP) is 9.30. The van der Waals surface area contributed by atoms with Crippen molar-refractivity contribution in [3.63, 3.8) is 0 Å². The molecule has 4 aliphatic heterocycles. The van der Waals surface area contributed by atoms with Crippen LogP contribution in [0.15, 0.2) is 84.9 Å². The van der Waals surface area contributed by atoms with E-state index in [0.29, 0.717) is 107 Å². The average molecular weight is 1090 g/mol. The van der Waals surface area contributed by atoms with Gasteiger partial charge in [0.15, 0.2) is 23.0 Å². The largest absolute Gasteiger partial charge is 0.487 e. The summed E-state index contributed by atoms with van der Waals surface area (Å²) in [5.74, 6) is 5.37. The first-order valence-electron chi connectivity index (χ1n) is 22.5. The molecule has 4 heterocycles. The third kappa shape index (κ3) is 12.9. The molecule has 4 saturated heterocycles. The van der Waals surface area contributed by atoms with E-state index in [2.05, 4.69) is 72.8 Å². The van der Waals surface area contributed by atoms with E-state index in [-0.39, 0.29) is 37.6 Å². The smallest absolute Gasteiger partial charge is 0.220 e. The number of fused-ring (bicyclic) bond motifs is 3. The van der Waals surface area contributed by atoms with Gasteiger partial charge < -0.3 is 56.8 Å². The Kier molecular flexibility index (Phi) is 18.4. The zero-order chi connectivity index (χ0) is 47.4. The van der Waals surface area contributed by atoms with Crippen molar-refractivity contribution >= 4 is 113 Å². The minimum absolute atomic E-state index is 0.0658. The van der Waals surface area contributed by atoms with Crippen LogP contribution < -0.4 is 18.9 Å². The highest BCUT2D eigenvalue weighted by atomic mass is 32.2. The molecule has 0 spiro atoms. The standard InChI is InChI=1S/C49H50O12S8/c62-45-58-33(27-66-45)23-50-13-17-54-41-11-9-31(21-43(41)56-19-15-52-25-35-29-68-47(64)60-35)49(39-7-3-1-5-37(39)38-6-2-4-8-40(38)49)32-10-12-42(55-18-14-51-24-34-28-67-46(63)59-34)44(22-32)57-20-16-53-26-36-30-69-48(65)61-36/h1-12,21-22,33-36H,13-20,23-30H2. The van der Waals surface area contributed by atoms with Crippen molar-refractivity contribution in [3.8, 4) is 34.1 Å². The lowest BCUT2D eigenvalue weighted by molar-refractivity contribution is 0.0415. The Bertz CT molecular complexity index is 2290. The van der Waals surface area contributed by atoms with E-state index in [4.69, 9.17) is 106 Å². The molecule has 5 aliphatic rings. The first kappa shape index (κ1) is 50.8. The maximum atomic E-state index is 6.59. The normalized spacial score (nSPS) is 21.0. The monoisotopic (exact) mass is 1090 g/mol. The lowest BCUT2D eigenvalue weighted by Crippen LogP contribution is -2.29. The molecule has 366 valence electrons. The molecule has 0 N–H and O–H groups in total. The van der Waals surface area contributed by atoms with Crippen molar-refractivity contribution in [1.82, 2.24) is 0 Å². The number of hydrogen-bond acceptors (Lipinski definition) is 20. The van der Waals surface area contributed by atoms with Gasteiger partial charge in [0.05, 0.1) is 58.3 Å². The molecular formula is C49H50O12S8. The summed E-state index contributed by atoms with van der Waals surface area (Å²) in [5, 5.41) is 0. The zero-order valence-corrected chi connectivity index (χ0v) is 43.9. The molecule has 1 aliphatic carbocycles. The van der Waals surface area contributed by atoms with Crippen LogP contribution >= 0.6 is 95.9 Å². The van der Waals surface area contributed by atoms with E-state index < -0.39 is 5.41 Å². The summed E-state index contributed by atoms with van der Waals surface area (Å²) < 4.78 is 74.8. The van der Waals surface area contributed by atoms with Crippen LogP contribution in [0.1, 0.15) is 22.3 Å². The molecule has 4 aromatic carbocycles. The SMILES string of the molecule is S=C1OC(COCCOc2ccc(C3(c4ccc(OCCOCC5CSC(=S)O5)c(OCCOCC5CSC(=S)O5)c4)c4ccccc4-c4ccccc43)cc2OCCOCC2CSC(=S)O2)CS1. The van der Waals surface area contributed by atoms with Gasteiger partial charge in [-0.25, -0.2) is 0 Å². The second-order valence-corrected chi connectivity index (χ2v) is 22.5. The first-order chi connectivity index (χ1) is 33.8. The minimum Gasteiger partial charge on any atom is -0.487 e. The molecule has 4 unspecified atom stereocenters. The van der Waals surface area contributed by atoms with Gasteiger partial charge in [0.2, 0.25) is 17.5 Å². The van der Waals surface area contributed by atoms with Crippen molar-refractivity contribution in [2.24, 2.45) is 0 Å². The van der Waals surface area contributed by atoms with E-state index in [1.807, 2.05) is 12.1 Å². The quantitative estimate of drug-likeness (QED) is 0.0387. The maximum Gasteiger partial charge on any atom is 0.220 e. The van der Waals surface area contributed by atoms with Crippen LogP contribution in [-0.2, 0) is 43.3 Å². The Morgan fingerprint density at radius 3 is 1.04 bits per heavy atom. The highest BCUT2D eigenvalue weighted by molar-refractivity contribution is 8.24. The molecule has 12 nitrogen and oxygen atoms in total. The third-order valence-corrected chi connectivity index (χ3v) is 16.7. The lowest BCUT2D eigenvalue weighted by atomic mass is 9.67. The summed E-state index contributed by atoms with van der Waals surface area (Å²) in [6.07, 6.45) is -0.292. The van der Waals surface area contributed by atoms with Gasteiger partial charge in [-0.3, -0.25) is 0 Å². The Labute approximate surface area is 440 Å². The predicted molar refractivity (Wildman–Crippen MR) is 289 cm³/mol. The van der Waals surface area contributed by atoms with E-state index >= 15 is 0 Å². The fraction of sp³-hybridized carbons (Fsp3) is 0.429. The van der Waals surface area contributed by atoms with Gasteiger partial charge in [0.25, 0.3) is 0 Å². The Morgan fingerprint density at radius 1 is 0.406 bits per heavy atom. The molecule has 4 fully saturated rings. The van der Waals surface area contributed by atoms with Crippen molar-refractivity contribution in [2.75, 3.05) is 102 Å². The third-order valence-electron chi connectivity index (χ3n) is 11.5. The van der Waals surface area contributed by atoms with Gasteiger partial charge in [0.1, 0.15) is 50.8 Å². The highest BCUT2D eigenvalue weighted by Gasteiger charge is 2.47. The Morgan fingerprint density at radius 2 is 0.725 bits per heavy atom. The fourth-order valence-corrected chi connectivity index (χ4v) is 12.6. The van der Waals surface area contributed by atoms with Crippen LogP contribution in [0.3, 0.4) is 0 Å². The zero-order valence-electron chi connectivity index (χ0n) is 37.4. The van der Waals surface area contributed by atoms with Crippen LogP contribution in [0.2, 0.25) is 0 Å². The minimum atomic E-state index is -0.828. The number of thioether (sulfide) groups is 4. The molecular weight excluding hydrogens is 1040 g/mol. The molecule has 0 saturated carbocycles. The molecule has 4 atom stereocenters. The summed E-state index contributed by atoms with van der Waals surface area (Å²) in [4.78, 5) is 0. The van der Waals surface area contributed by atoms with Crippen molar-refractivity contribution < 1.29 is 56.8 Å². The van der Waals surface area contributed by atoms with E-state index in [9.17, 15) is 0 Å². The second kappa shape index (κ2) is 25.0. The van der Waals surface area contributed by atoms with Crippen LogP contribution in [0.4, 0.5) is 0 Å². The molecule has 0 bridgehead atoms. The molecule has 69 heavy (non-hydrogen) atoms. The van der Waals surface area contributed by atoms with E-state index in [1.54, 1.807) is 0 Å². The van der Waals surface area contributed by atoms with Crippen LogP contribution in [-0.4, -0.2) is 144 Å². The van der Waals surface area contributed by atoms with Gasteiger partial charge in [-0.15, -0.1) is 0 Å². The van der Waals surface area contributed by atoms with Gasteiger partial charge in [-0.1, -0.05) is 108 Å². The summed E-state index contributed by atoms with van der Waals surface area (Å²) in [5.41, 5.74) is 5.58. The summed E-state index contributed by atoms with van der Waals surface area (Å²) in [6, 6.07) is 29.4. The molecule has 20 heteroatoms. The first-order valence-corrected chi connectivity index (χ1v) is 28.0. The number of hydrogen-bond donors (Lipinski definition) is 0. The van der Waals surface area contributed by atoms with Gasteiger partial charge in [0, 0.05) is 23.0 Å². The van der Waals surface area contributed by atoms with Gasteiger partial charge >= 0.3 is 0 Å². The molecule has 0 amide bonds. The average Bonchev–Trinajstić information content (AvgIpc) is 4.22. The van der Waals surface area contributed by atoms with Crippen LogP contribution in [0, 0.1) is 0 Å². The van der Waals surface area contributed by atoms with Gasteiger partial charge in [-0.05, 0) is 107 Å². The summed E-state index contributed by atoms with van der Waals surface area (Å²) >= 11 is 26.9. The molecule has 9 rings (SSSR count). The van der Waals surface area contributed by atoms with Gasteiger partial charge in [-0.2, -0.15) is 0 Å². The van der Waals surface area contributed by atoms with Crippen LogP contribution in [0.25, 0.3) is 11.1 Å². The Hall–Kier alpha value is -3.12. The van der Waals surface area contributed by atoms with Crippen LogP contribution in [0.5, 0.6) is 23.0 Å². The van der Waals surface area contributed by atoms with Crippen molar-refractivity contribution in [1.29, 1.82) is 0 Å². The molecule has 0 aromatic heterocycles. The Balaban J connectivity index is 1.01. The van der Waals surface area contributed by atoms with E-state index in [1.165, 1.54) is 47.0 Å². The molecule has 0 radical (unpaired) electrons. The number of benzene rings is 4. The van der Waals surface area contributed by atoms with Crippen molar-refractivity contribution in [3.05, 3.63) is 107 Å². The van der Waals surface area contributed by atoms with Crippen molar-refractivity contribution in [2.45, 2.75) is 29.8 Å². The fourth-order valence-electron chi connectivity index (χ4n) is 8.46. The topological polar surface area (TPSA) is 111 Å². The van der Waals surface area contributed by atoms with E-state index in [0.717, 1.165) is 56.4 Å². The summed E-state index contributed by atoms with van der Waals surface area (Å²) in [7, 11) is 0. The number of rotatable bonds is 26. The molecule has 4 aromatic rings. The summed E-state index contributed by atoms with van der Waals surface area (Å²) in [6.45, 7) is 4.18. The maximum absolute atomic E-state index is 6.59. The number of ether oxygens (including phenoxy) is 12. The highest BCUT2D eigenvalue weighted by Crippen LogP contribution is 2.57. The number of thiocarbonyl (C=S) groups is 4.